The monoisotopic (exact) mass is 292 g/mol. The van der Waals surface area contributed by atoms with Crippen molar-refractivity contribution < 1.29 is 18.3 Å². The number of hydrogen-bond donors (Lipinski definition) is 2. The van der Waals surface area contributed by atoms with Gasteiger partial charge in [0.2, 0.25) is 10.0 Å². The van der Waals surface area contributed by atoms with Crippen molar-refractivity contribution in [2.24, 2.45) is 0 Å². The number of nitrogens with one attached hydrogen (secondary N) is 1. The van der Waals surface area contributed by atoms with Gasteiger partial charge in [0, 0.05) is 6.20 Å². The number of hydrogen-bond acceptors (Lipinski definition) is 4. The summed E-state index contributed by atoms with van der Waals surface area (Å²) >= 11 is 5.67. The van der Waals surface area contributed by atoms with Crippen LogP contribution < -0.4 is 4.72 Å². The van der Waals surface area contributed by atoms with Crippen molar-refractivity contribution in [2.45, 2.75) is 30.7 Å². The number of pyridine rings is 1. The summed E-state index contributed by atoms with van der Waals surface area (Å²) in [5.74, 6) is -1.22. The maximum atomic E-state index is 11.9. The molecule has 0 amide bonds. The summed E-state index contributed by atoms with van der Waals surface area (Å²) in [4.78, 5) is 14.3. The van der Waals surface area contributed by atoms with E-state index in [4.69, 9.17) is 16.7 Å². The van der Waals surface area contributed by atoms with Gasteiger partial charge in [-0.25, -0.2) is 13.4 Å². The maximum absolute atomic E-state index is 11.9. The highest BCUT2D eigenvalue weighted by Crippen LogP contribution is 2.18. The molecule has 0 unspecified atom stereocenters. The molecule has 0 aromatic carbocycles. The normalized spacial score (nSPS) is 13.2. The number of carboxylic acid groups (broad SMARTS) is 1. The van der Waals surface area contributed by atoms with E-state index in [1.54, 1.807) is 6.92 Å². The molecule has 0 aliphatic heterocycles. The Hall–Kier alpha value is -1.18. The average Bonchev–Trinajstić information content (AvgIpc) is 2.28. The molecule has 0 saturated carbocycles. The van der Waals surface area contributed by atoms with Gasteiger partial charge in [-0.2, -0.15) is 4.72 Å². The van der Waals surface area contributed by atoms with Crippen LogP contribution in [0.25, 0.3) is 0 Å². The molecule has 2 N–H and O–H groups in total. The second kappa shape index (κ2) is 6.12. The average molecular weight is 293 g/mol. The number of halogens is 1. The third kappa shape index (κ3) is 3.66. The Morgan fingerprint density at radius 1 is 1.61 bits per heavy atom. The highest BCUT2D eigenvalue weighted by atomic mass is 35.5. The highest BCUT2D eigenvalue weighted by Gasteiger charge is 2.26. The maximum Gasteiger partial charge on any atom is 0.321 e. The van der Waals surface area contributed by atoms with Crippen molar-refractivity contribution in [3.05, 3.63) is 23.5 Å². The zero-order valence-corrected chi connectivity index (χ0v) is 11.2. The lowest BCUT2D eigenvalue weighted by Gasteiger charge is -2.14. The number of nitrogens with zero attached hydrogens (tertiary/aromatic N) is 1. The van der Waals surface area contributed by atoms with Gasteiger partial charge in [0.1, 0.15) is 16.1 Å². The number of carboxylic acids is 1. The van der Waals surface area contributed by atoms with Crippen LogP contribution in [0, 0.1) is 0 Å². The summed E-state index contributed by atoms with van der Waals surface area (Å²) in [7, 11) is -3.98. The van der Waals surface area contributed by atoms with Crippen molar-refractivity contribution >= 4 is 27.6 Å². The largest absolute Gasteiger partial charge is 0.480 e. The fourth-order valence-corrected chi connectivity index (χ4v) is 3.02. The standard InChI is InChI=1S/C10H13ClN2O4S/c1-2-4-7(10(14)15)13-18(16,17)8-5-3-6-12-9(8)11/h3,5-7,13H,2,4H2,1H3,(H,14,15)/t7-/m1/s1. The summed E-state index contributed by atoms with van der Waals surface area (Å²) in [5.41, 5.74) is 0. The third-order valence-corrected chi connectivity index (χ3v) is 4.10. The molecule has 1 rings (SSSR count). The van der Waals surface area contributed by atoms with Crippen LogP contribution in [0.4, 0.5) is 0 Å². The van der Waals surface area contributed by atoms with Crippen LogP contribution in [-0.4, -0.2) is 30.5 Å². The van der Waals surface area contributed by atoms with Crippen LogP contribution in [0.3, 0.4) is 0 Å². The van der Waals surface area contributed by atoms with E-state index in [1.165, 1.54) is 18.3 Å². The molecule has 0 spiro atoms. The van der Waals surface area contributed by atoms with Crippen molar-refractivity contribution in [3.63, 3.8) is 0 Å². The van der Waals surface area contributed by atoms with Crippen LogP contribution in [0.2, 0.25) is 5.15 Å². The first-order valence-corrected chi connectivity index (χ1v) is 7.10. The van der Waals surface area contributed by atoms with Gasteiger partial charge in [0.25, 0.3) is 0 Å². The molecule has 18 heavy (non-hydrogen) atoms. The Labute approximate surface area is 110 Å². The van der Waals surface area contributed by atoms with E-state index in [-0.39, 0.29) is 16.5 Å². The van der Waals surface area contributed by atoms with Crippen molar-refractivity contribution in [1.82, 2.24) is 9.71 Å². The lowest BCUT2D eigenvalue weighted by molar-refractivity contribution is -0.139. The predicted molar refractivity (Wildman–Crippen MR) is 65.9 cm³/mol. The van der Waals surface area contributed by atoms with Gasteiger partial charge in [0.05, 0.1) is 0 Å². The minimum Gasteiger partial charge on any atom is -0.480 e. The fourth-order valence-electron chi connectivity index (χ4n) is 1.34. The highest BCUT2D eigenvalue weighted by molar-refractivity contribution is 7.89. The molecule has 1 atom stereocenters. The Balaban J connectivity index is 3.01. The fraction of sp³-hybridized carbons (Fsp3) is 0.400. The summed E-state index contributed by atoms with van der Waals surface area (Å²) in [5, 5.41) is 8.72. The second-order valence-corrected chi connectivity index (χ2v) is 5.63. The molecule has 1 heterocycles. The number of aromatic nitrogens is 1. The molecule has 1 aromatic rings. The molecule has 0 bridgehead atoms. The molecule has 0 fully saturated rings. The van der Waals surface area contributed by atoms with E-state index < -0.39 is 22.0 Å². The zero-order chi connectivity index (χ0) is 13.8. The van der Waals surface area contributed by atoms with Gasteiger partial charge in [-0.1, -0.05) is 24.9 Å². The minimum absolute atomic E-state index is 0.189. The van der Waals surface area contributed by atoms with Gasteiger partial charge in [-0.15, -0.1) is 0 Å². The first-order valence-electron chi connectivity index (χ1n) is 5.24. The molecule has 0 radical (unpaired) electrons. The van der Waals surface area contributed by atoms with Gasteiger partial charge < -0.3 is 5.11 Å². The molecule has 8 heteroatoms. The van der Waals surface area contributed by atoms with Gasteiger partial charge in [0.15, 0.2) is 0 Å². The molecule has 6 nitrogen and oxygen atoms in total. The smallest absolute Gasteiger partial charge is 0.321 e. The first-order chi connectivity index (χ1) is 8.38. The lowest BCUT2D eigenvalue weighted by atomic mass is 10.2. The number of rotatable bonds is 6. The zero-order valence-electron chi connectivity index (χ0n) is 9.63. The first kappa shape index (κ1) is 14.9. The Morgan fingerprint density at radius 2 is 2.28 bits per heavy atom. The van der Waals surface area contributed by atoms with Crippen LogP contribution >= 0.6 is 11.6 Å². The van der Waals surface area contributed by atoms with Crippen molar-refractivity contribution in [3.8, 4) is 0 Å². The van der Waals surface area contributed by atoms with Gasteiger partial charge in [-0.3, -0.25) is 4.79 Å². The van der Waals surface area contributed by atoms with Crippen molar-refractivity contribution in [2.75, 3.05) is 0 Å². The molecule has 0 aliphatic carbocycles. The summed E-state index contributed by atoms with van der Waals surface area (Å²) in [6, 6.07) is 1.51. The summed E-state index contributed by atoms with van der Waals surface area (Å²) in [6.07, 6.45) is 2.09. The molecular weight excluding hydrogens is 280 g/mol. The predicted octanol–water partition coefficient (Wildman–Crippen LogP) is 1.27. The quantitative estimate of drug-likeness (QED) is 0.770. The number of sulfonamides is 1. The van der Waals surface area contributed by atoms with Gasteiger partial charge in [-0.05, 0) is 18.6 Å². The SMILES string of the molecule is CCC[C@@H](NS(=O)(=O)c1cccnc1Cl)C(=O)O. The Morgan fingerprint density at radius 3 is 2.78 bits per heavy atom. The topological polar surface area (TPSA) is 96.4 Å². The van der Waals surface area contributed by atoms with Gasteiger partial charge >= 0.3 is 5.97 Å². The van der Waals surface area contributed by atoms with Crippen LogP contribution in [0.15, 0.2) is 23.2 Å². The van der Waals surface area contributed by atoms with E-state index in [9.17, 15) is 13.2 Å². The van der Waals surface area contributed by atoms with E-state index in [0.29, 0.717) is 6.42 Å². The van der Waals surface area contributed by atoms with E-state index >= 15 is 0 Å². The molecular formula is C10H13ClN2O4S. The second-order valence-electron chi connectivity index (χ2n) is 3.59. The van der Waals surface area contributed by atoms with Crippen LogP contribution in [0.1, 0.15) is 19.8 Å². The van der Waals surface area contributed by atoms with Crippen molar-refractivity contribution in [1.29, 1.82) is 0 Å². The Kier molecular flexibility index (Phi) is 5.06. The third-order valence-electron chi connectivity index (χ3n) is 2.19. The van der Waals surface area contributed by atoms with Crippen LogP contribution in [-0.2, 0) is 14.8 Å². The van der Waals surface area contributed by atoms with E-state index in [2.05, 4.69) is 9.71 Å². The molecule has 1 aromatic heterocycles. The Bertz CT molecular complexity index is 532. The summed E-state index contributed by atoms with van der Waals surface area (Å²) < 4.78 is 26.0. The molecule has 0 aliphatic rings. The minimum atomic E-state index is -3.98. The number of aliphatic carboxylic acids is 1. The lowest BCUT2D eigenvalue weighted by Crippen LogP contribution is -2.40. The molecule has 0 saturated heterocycles. The number of carbonyl (C=O) groups is 1. The molecule has 100 valence electrons. The van der Waals surface area contributed by atoms with Crippen LogP contribution in [0.5, 0.6) is 0 Å². The summed E-state index contributed by atoms with van der Waals surface area (Å²) in [6.45, 7) is 1.77. The van der Waals surface area contributed by atoms with E-state index in [1.807, 2.05) is 0 Å². The van der Waals surface area contributed by atoms with E-state index in [0.717, 1.165) is 0 Å².